The van der Waals surface area contributed by atoms with Gasteiger partial charge in [0.05, 0.1) is 5.92 Å². The van der Waals surface area contributed by atoms with Gasteiger partial charge in [0.2, 0.25) is 11.8 Å². The van der Waals surface area contributed by atoms with Crippen LogP contribution in [0.5, 0.6) is 0 Å². The van der Waals surface area contributed by atoms with Crippen molar-refractivity contribution in [1.29, 1.82) is 0 Å². The van der Waals surface area contributed by atoms with Crippen molar-refractivity contribution in [2.24, 2.45) is 13.0 Å². The molecule has 1 atom stereocenters. The monoisotopic (exact) mass is 447 g/mol. The van der Waals surface area contributed by atoms with Gasteiger partial charge in [0.15, 0.2) is 5.82 Å². The molecule has 0 saturated carbocycles. The Labute approximate surface area is 193 Å². The summed E-state index contributed by atoms with van der Waals surface area (Å²) in [4.78, 5) is 29.8. The smallest absolute Gasteiger partial charge is 0.228 e. The first kappa shape index (κ1) is 21.4. The Balaban J connectivity index is 1.31. The van der Waals surface area contributed by atoms with Crippen LogP contribution in [0.3, 0.4) is 0 Å². The second-order valence-corrected chi connectivity index (χ2v) is 9.01. The molecule has 2 aliphatic heterocycles. The van der Waals surface area contributed by atoms with Gasteiger partial charge in [0, 0.05) is 63.9 Å². The molecule has 1 aromatic carbocycles. The topological polar surface area (TPSA) is 89.1 Å². The molecule has 9 nitrogen and oxygen atoms in total. The number of carbonyl (C=O) groups is 2. The normalized spacial score (nSPS) is 18.2. The van der Waals surface area contributed by atoms with Crippen molar-refractivity contribution in [2.45, 2.75) is 46.3 Å². The number of hydrogen-bond donors (Lipinski definition) is 0. The van der Waals surface area contributed by atoms with Crippen LogP contribution in [0.2, 0.25) is 0 Å². The van der Waals surface area contributed by atoms with Crippen LogP contribution in [0.25, 0.3) is 11.5 Å². The average molecular weight is 448 g/mol. The lowest BCUT2D eigenvalue weighted by atomic mass is 10.0. The lowest BCUT2D eigenvalue weighted by Gasteiger charge is -2.29. The molecule has 0 spiro atoms. The summed E-state index contributed by atoms with van der Waals surface area (Å²) in [5.74, 6) is 0.518. The highest BCUT2D eigenvalue weighted by molar-refractivity contribution is 5.89. The minimum absolute atomic E-state index is 0.0461. The SMILES string of the molecule is CCn1cnnc1-c1nn(C)c2c1CN(C(=O)C1CC(=O)N(Cc3ccc(C)cc3)C1)CC2. The lowest BCUT2D eigenvalue weighted by Crippen LogP contribution is -2.40. The van der Waals surface area contributed by atoms with Crippen molar-refractivity contribution in [3.63, 3.8) is 0 Å². The summed E-state index contributed by atoms with van der Waals surface area (Å²) >= 11 is 0. The molecule has 0 radical (unpaired) electrons. The highest BCUT2D eigenvalue weighted by atomic mass is 16.2. The fourth-order valence-electron chi connectivity index (χ4n) is 4.89. The zero-order valence-corrected chi connectivity index (χ0v) is 19.4. The van der Waals surface area contributed by atoms with Gasteiger partial charge in [0.1, 0.15) is 12.0 Å². The molecular formula is C24H29N7O2. The van der Waals surface area contributed by atoms with Crippen molar-refractivity contribution in [3.8, 4) is 11.5 Å². The molecule has 0 aliphatic carbocycles. The Morgan fingerprint density at radius 3 is 2.76 bits per heavy atom. The van der Waals surface area contributed by atoms with Crippen LogP contribution >= 0.6 is 0 Å². The summed E-state index contributed by atoms with van der Waals surface area (Å²) in [5.41, 5.74) is 5.22. The van der Waals surface area contributed by atoms with Gasteiger partial charge in [-0.25, -0.2) is 0 Å². The van der Waals surface area contributed by atoms with E-state index in [0.717, 1.165) is 41.3 Å². The summed E-state index contributed by atoms with van der Waals surface area (Å²) in [6.07, 6.45) is 2.71. The van der Waals surface area contributed by atoms with Crippen LogP contribution < -0.4 is 0 Å². The van der Waals surface area contributed by atoms with Crippen molar-refractivity contribution >= 4 is 11.8 Å². The number of fused-ring (bicyclic) bond motifs is 1. The fraction of sp³-hybridized carbons (Fsp3) is 0.458. The molecule has 9 heteroatoms. The van der Waals surface area contributed by atoms with Gasteiger partial charge in [0.25, 0.3) is 0 Å². The van der Waals surface area contributed by atoms with Crippen molar-refractivity contribution in [2.75, 3.05) is 13.1 Å². The van der Waals surface area contributed by atoms with Crippen LogP contribution in [0.15, 0.2) is 30.6 Å². The molecule has 0 N–H and O–H groups in total. The van der Waals surface area contributed by atoms with Crippen LogP contribution in [-0.2, 0) is 42.7 Å². The number of rotatable bonds is 5. The third-order valence-corrected chi connectivity index (χ3v) is 6.78. The third-order valence-electron chi connectivity index (χ3n) is 6.78. The van der Waals surface area contributed by atoms with E-state index in [0.29, 0.717) is 26.2 Å². The predicted molar refractivity (Wildman–Crippen MR) is 122 cm³/mol. The predicted octanol–water partition coefficient (Wildman–Crippen LogP) is 1.94. The number of aryl methyl sites for hydroxylation is 3. The number of likely N-dealkylation sites (tertiary alicyclic amines) is 1. The molecule has 0 bridgehead atoms. The summed E-state index contributed by atoms with van der Waals surface area (Å²) < 4.78 is 3.85. The Morgan fingerprint density at radius 2 is 2.00 bits per heavy atom. The molecular weight excluding hydrogens is 418 g/mol. The molecule has 172 valence electrons. The van der Waals surface area contributed by atoms with Gasteiger partial charge in [-0.1, -0.05) is 29.8 Å². The Bertz CT molecular complexity index is 1190. The zero-order valence-electron chi connectivity index (χ0n) is 19.4. The van der Waals surface area contributed by atoms with E-state index in [-0.39, 0.29) is 24.2 Å². The number of benzene rings is 1. The number of carbonyl (C=O) groups excluding carboxylic acids is 2. The highest BCUT2D eigenvalue weighted by Crippen LogP contribution is 2.31. The molecule has 2 aliphatic rings. The summed E-state index contributed by atoms with van der Waals surface area (Å²) in [6, 6.07) is 8.19. The van der Waals surface area contributed by atoms with Crippen molar-refractivity contribution in [1.82, 2.24) is 34.3 Å². The number of aromatic nitrogens is 5. The van der Waals surface area contributed by atoms with E-state index in [4.69, 9.17) is 5.10 Å². The first-order chi connectivity index (χ1) is 15.9. The first-order valence-corrected chi connectivity index (χ1v) is 11.5. The minimum Gasteiger partial charge on any atom is -0.338 e. The van der Waals surface area contributed by atoms with Crippen molar-refractivity contribution in [3.05, 3.63) is 53.0 Å². The quantitative estimate of drug-likeness (QED) is 0.596. The fourth-order valence-corrected chi connectivity index (χ4v) is 4.89. The maximum absolute atomic E-state index is 13.4. The van der Waals surface area contributed by atoms with Crippen LogP contribution in [0.4, 0.5) is 0 Å². The highest BCUT2D eigenvalue weighted by Gasteiger charge is 2.38. The van der Waals surface area contributed by atoms with Crippen LogP contribution in [-0.4, -0.2) is 59.2 Å². The molecule has 1 saturated heterocycles. The van der Waals surface area contributed by atoms with E-state index in [1.165, 1.54) is 5.56 Å². The number of hydrogen-bond acceptors (Lipinski definition) is 5. The molecule has 1 unspecified atom stereocenters. The second kappa shape index (κ2) is 8.46. The van der Waals surface area contributed by atoms with E-state index >= 15 is 0 Å². The number of amides is 2. The van der Waals surface area contributed by atoms with Crippen molar-refractivity contribution < 1.29 is 9.59 Å². The maximum atomic E-state index is 13.4. The molecule has 3 aromatic rings. The lowest BCUT2D eigenvalue weighted by molar-refractivity contribution is -0.136. The summed E-state index contributed by atoms with van der Waals surface area (Å²) in [5, 5.41) is 13.0. The molecule has 33 heavy (non-hydrogen) atoms. The maximum Gasteiger partial charge on any atom is 0.228 e. The Morgan fingerprint density at radius 1 is 1.21 bits per heavy atom. The minimum atomic E-state index is -0.302. The van der Waals surface area contributed by atoms with E-state index in [1.54, 1.807) is 6.33 Å². The van der Waals surface area contributed by atoms with E-state index in [9.17, 15) is 9.59 Å². The molecule has 4 heterocycles. The zero-order chi connectivity index (χ0) is 23.1. The van der Waals surface area contributed by atoms with E-state index < -0.39 is 0 Å². The van der Waals surface area contributed by atoms with Gasteiger partial charge in [-0.05, 0) is 19.4 Å². The van der Waals surface area contributed by atoms with Gasteiger partial charge >= 0.3 is 0 Å². The van der Waals surface area contributed by atoms with Gasteiger partial charge < -0.3 is 14.4 Å². The Hall–Kier alpha value is -3.49. The molecule has 1 fully saturated rings. The summed E-state index contributed by atoms with van der Waals surface area (Å²) in [6.45, 7) is 6.97. The van der Waals surface area contributed by atoms with Gasteiger partial charge in [-0.15, -0.1) is 10.2 Å². The Kier molecular flexibility index (Phi) is 5.47. The molecule has 5 rings (SSSR count). The van der Waals surface area contributed by atoms with Gasteiger partial charge in [-0.2, -0.15) is 5.10 Å². The average Bonchev–Trinajstić information content (AvgIpc) is 3.52. The first-order valence-electron chi connectivity index (χ1n) is 11.5. The van der Waals surface area contributed by atoms with E-state index in [1.807, 2.05) is 52.1 Å². The van der Waals surface area contributed by atoms with E-state index in [2.05, 4.69) is 22.3 Å². The second-order valence-electron chi connectivity index (χ2n) is 9.01. The van der Waals surface area contributed by atoms with Crippen LogP contribution in [0.1, 0.15) is 35.7 Å². The largest absolute Gasteiger partial charge is 0.338 e. The summed E-state index contributed by atoms with van der Waals surface area (Å²) in [7, 11) is 1.94. The standard InChI is InChI=1S/C24H29N7O2/c1-4-29-15-25-26-23(29)22-19-14-30(10-9-20(19)28(3)27-22)24(33)18-11-21(32)31(13-18)12-17-7-5-16(2)6-8-17/h5-8,15,18H,4,9-14H2,1-3H3. The number of nitrogens with zero attached hydrogens (tertiary/aromatic N) is 7. The molecule has 2 aromatic heterocycles. The third kappa shape index (κ3) is 3.92. The van der Waals surface area contributed by atoms with Crippen LogP contribution in [0, 0.1) is 12.8 Å². The molecule has 2 amide bonds. The van der Waals surface area contributed by atoms with Gasteiger partial charge in [-0.3, -0.25) is 14.3 Å².